The van der Waals surface area contributed by atoms with Gasteiger partial charge in [-0.15, -0.1) is 0 Å². The van der Waals surface area contributed by atoms with E-state index in [0.717, 1.165) is 25.1 Å². The molecule has 142 valence electrons. The Morgan fingerprint density at radius 1 is 1.48 bits per heavy atom. The third-order valence-corrected chi connectivity index (χ3v) is 3.70. The first-order valence-corrected chi connectivity index (χ1v) is 7.74. The highest BCUT2D eigenvalue weighted by Crippen LogP contribution is 2.19. The van der Waals surface area contributed by atoms with Gasteiger partial charge in [0.15, 0.2) is 5.76 Å². The third kappa shape index (κ3) is 6.37. The van der Waals surface area contributed by atoms with Crippen LogP contribution in [0.1, 0.15) is 51.0 Å². The van der Waals surface area contributed by atoms with E-state index in [0.29, 0.717) is 18.2 Å². The minimum Gasteiger partial charge on any atom is -0.475 e. The van der Waals surface area contributed by atoms with Crippen molar-refractivity contribution in [3.05, 3.63) is 17.5 Å². The molecule has 0 saturated carbocycles. The molecule has 3 N–H and O–H groups in total. The maximum absolute atomic E-state index is 12.0. The molecular weight excluding hydrogens is 343 g/mol. The van der Waals surface area contributed by atoms with Gasteiger partial charge >= 0.3 is 12.1 Å². The average Bonchev–Trinajstić information content (AvgIpc) is 3.14. The maximum atomic E-state index is 12.0. The van der Waals surface area contributed by atoms with Crippen molar-refractivity contribution in [3.63, 3.8) is 0 Å². The van der Waals surface area contributed by atoms with Gasteiger partial charge in [-0.25, -0.2) is 4.79 Å². The SMILES string of the molecule is CC(C)c1cc(CNC(=O)C2(C)CCCN2)on1.O=C(O)C(F)(F)F. The summed E-state index contributed by atoms with van der Waals surface area (Å²) < 4.78 is 36.9. The van der Waals surface area contributed by atoms with Crippen molar-refractivity contribution in [1.29, 1.82) is 0 Å². The number of alkyl halides is 3. The number of amides is 1. The zero-order chi connectivity index (χ0) is 19.3. The molecule has 25 heavy (non-hydrogen) atoms. The van der Waals surface area contributed by atoms with E-state index in [2.05, 4.69) is 29.6 Å². The summed E-state index contributed by atoms with van der Waals surface area (Å²) in [4.78, 5) is 20.9. The molecule has 0 aliphatic carbocycles. The van der Waals surface area contributed by atoms with Crippen LogP contribution in [-0.2, 0) is 16.1 Å². The Morgan fingerprint density at radius 3 is 2.48 bits per heavy atom. The Bertz CT molecular complexity index is 593. The van der Waals surface area contributed by atoms with E-state index >= 15 is 0 Å². The van der Waals surface area contributed by atoms with Crippen molar-refractivity contribution in [2.24, 2.45) is 0 Å². The number of aliphatic carboxylic acids is 1. The second kappa shape index (κ2) is 8.32. The lowest BCUT2D eigenvalue weighted by molar-refractivity contribution is -0.192. The maximum Gasteiger partial charge on any atom is 0.490 e. The van der Waals surface area contributed by atoms with Gasteiger partial charge in [0, 0.05) is 6.07 Å². The molecule has 1 atom stereocenters. The first-order chi connectivity index (χ1) is 11.5. The molecule has 2 heterocycles. The third-order valence-electron chi connectivity index (χ3n) is 3.70. The highest BCUT2D eigenvalue weighted by molar-refractivity contribution is 5.86. The minimum atomic E-state index is -5.08. The second-order valence-electron chi connectivity index (χ2n) is 6.22. The van der Waals surface area contributed by atoms with Gasteiger partial charge in [0.05, 0.1) is 17.8 Å². The number of nitrogens with one attached hydrogen (secondary N) is 2. The Hall–Kier alpha value is -2.10. The fourth-order valence-electron chi connectivity index (χ4n) is 2.14. The monoisotopic (exact) mass is 365 g/mol. The molecule has 10 heteroatoms. The smallest absolute Gasteiger partial charge is 0.475 e. The Labute approximate surface area is 142 Å². The topological polar surface area (TPSA) is 104 Å². The van der Waals surface area contributed by atoms with E-state index < -0.39 is 17.7 Å². The average molecular weight is 365 g/mol. The zero-order valence-corrected chi connectivity index (χ0v) is 14.2. The molecule has 1 unspecified atom stereocenters. The van der Waals surface area contributed by atoms with Crippen LogP contribution in [0, 0.1) is 0 Å². The van der Waals surface area contributed by atoms with Crippen molar-refractivity contribution >= 4 is 11.9 Å². The van der Waals surface area contributed by atoms with Gasteiger partial charge < -0.3 is 20.3 Å². The number of rotatable bonds is 4. The summed E-state index contributed by atoms with van der Waals surface area (Å²) in [6, 6.07) is 1.90. The van der Waals surface area contributed by atoms with Crippen LogP contribution in [0.4, 0.5) is 13.2 Å². The van der Waals surface area contributed by atoms with Gasteiger partial charge in [0.25, 0.3) is 0 Å². The number of carbonyl (C=O) groups is 2. The summed E-state index contributed by atoms with van der Waals surface area (Å²) in [5, 5.41) is 17.2. The van der Waals surface area contributed by atoms with Gasteiger partial charge in [-0.1, -0.05) is 19.0 Å². The van der Waals surface area contributed by atoms with Crippen molar-refractivity contribution in [3.8, 4) is 0 Å². The second-order valence-corrected chi connectivity index (χ2v) is 6.22. The quantitative estimate of drug-likeness (QED) is 0.756. The minimum absolute atomic E-state index is 0.0301. The van der Waals surface area contributed by atoms with Gasteiger partial charge in [-0.2, -0.15) is 13.2 Å². The molecule has 1 saturated heterocycles. The molecule has 0 spiro atoms. The summed E-state index contributed by atoms with van der Waals surface area (Å²) in [7, 11) is 0. The lowest BCUT2D eigenvalue weighted by Crippen LogP contribution is -2.50. The van der Waals surface area contributed by atoms with Crippen LogP contribution in [0.2, 0.25) is 0 Å². The van der Waals surface area contributed by atoms with Crippen LogP contribution < -0.4 is 10.6 Å². The van der Waals surface area contributed by atoms with Gasteiger partial charge in [-0.05, 0) is 32.2 Å². The number of carboxylic acids is 1. The fraction of sp³-hybridized carbons (Fsp3) is 0.667. The van der Waals surface area contributed by atoms with E-state index in [4.69, 9.17) is 14.4 Å². The number of carbonyl (C=O) groups excluding carboxylic acids is 1. The lowest BCUT2D eigenvalue weighted by Gasteiger charge is -2.22. The molecule has 1 amide bonds. The first kappa shape index (κ1) is 20.9. The van der Waals surface area contributed by atoms with Crippen LogP contribution in [-0.4, -0.2) is 40.4 Å². The number of carboxylic acid groups (broad SMARTS) is 1. The molecular formula is C15H22F3N3O4. The molecule has 1 fully saturated rings. The Morgan fingerprint density at radius 2 is 2.08 bits per heavy atom. The van der Waals surface area contributed by atoms with Crippen molar-refractivity contribution in [2.75, 3.05) is 6.54 Å². The lowest BCUT2D eigenvalue weighted by atomic mass is 9.99. The van der Waals surface area contributed by atoms with Crippen molar-refractivity contribution in [1.82, 2.24) is 15.8 Å². The summed E-state index contributed by atoms with van der Waals surface area (Å²) in [6.07, 6.45) is -3.16. The molecule has 0 aromatic carbocycles. The molecule has 1 aliphatic heterocycles. The van der Waals surface area contributed by atoms with Crippen LogP contribution >= 0.6 is 0 Å². The normalized spacial score (nSPS) is 20.1. The molecule has 2 rings (SSSR count). The van der Waals surface area contributed by atoms with Gasteiger partial charge in [-0.3, -0.25) is 4.79 Å². The predicted octanol–water partition coefficient (Wildman–Crippen LogP) is 2.19. The van der Waals surface area contributed by atoms with Crippen molar-refractivity contribution < 1.29 is 32.4 Å². The summed E-state index contributed by atoms with van der Waals surface area (Å²) in [6.45, 7) is 7.36. The molecule has 1 aromatic heterocycles. The number of halogens is 3. The summed E-state index contributed by atoms with van der Waals surface area (Å²) >= 11 is 0. The fourth-order valence-corrected chi connectivity index (χ4v) is 2.14. The number of hydrogen-bond acceptors (Lipinski definition) is 5. The van der Waals surface area contributed by atoms with E-state index in [1.165, 1.54) is 0 Å². The van der Waals surface area contributed by atoms with Crippen LogP contribution in [0.25, 0.3) is 0 Å². The van der Waals surface area contributed by atoms with Crippen LogP contribution in [0.5, 0.6) is 0 Å². The predicted molar refractivity (Wildman–Crippen MR) is 81.8 cm³/mol. The van der Waals surface area contributed by atoms with Gasteiger partial charge in [0.1, 0.15) is 0 Å². The molecule has 1 aromatic rings. The summed E-state index contributed by atoms with van der Waals surface area (Å²) in [5.41, 5.74) is 0.491. The van der Waals surface area contributed by atoms with E-state index in [-0.39, 0.29) is 5.91 Å². The Kier molecular flexibility index (Phi) is 6.97. The standard InChI is InChI=1S/C13H21N3O2.C2HF3O2/c1-9(2)11-7-10(18-16-11)8-14-12(17)13(3)5-4-6-15-13;3-2(4,5)1(6)7/h7,9,15H,4-6,8H2,1-3H3,(H,14,17);(H,6,7). The van der Waals surface area contributed by atoms with E-state index in [1.807, 2.05) is 13.0 Å². The summed E-state index contributed by atoms with van der Waals surface area (Å²) in [5.74, 6) is -1.68. The largest absolute Gasteiger partial charge is 0.490 e. The molecule has 0 radical (unpaired) electrons. The zero-order valence-electron chi connectivity index (χ0n) is 14.2. The van der Waals surface area contributed by atoms with E-state index in [9.17, 15) is 18.0 Å². The van der Waals surface area contributed by atoms with Crippen molar-refractivity contribution in [2.45, 2.75) is 57.8 Å². The van der Waals surface area contributed by atoms with Crippen LogP contribution in [0.15, 0.2) is 10.6 Å². The number of hydrogen-bond donors (Lipinski definition) is 3. The number of aromatic nitrogens is 1. The molecule has 7 nitrogen and oxygen atoms in total. The molecule has 1 aliphatic rings. The first-order valence-electron chi connectivity index (χ1n) is 7.74. The van der Waals surface area contributed by atoms with Gasteiger partial charge in [0.2, 0.25) is 5.91 Å². The number of nitrogens with zero attached hydrogens (tertiary/aromatic N) is 1. The Balaban J connectivity index is 0.000000381. The molecule has 0 bridgehead atoms. The highest BCUT2D eigenvalue weighted by Gasteiger charge is 2.38. The van der Waals surface area contributed by atoms with Crippen LogP contribution in [0.3, 0.4) is 0 Å². The van der Waals surface area contributed by atoms with E-state index in [1.54, 1.807) is 0 Å². The highest BCUT2D eigenvalue weighted by atomic mass is 19.4.